The minimum absolute atomic E-state index is 0.941. The lowest BCUT2D eigenvalue weighted by molar-refractivity contribution is 0.897. The topological polar surface area (TPSA) is 29.9 Å². The molecule has 0 amide bonds. The van der Waals surface area contributed by atoms with Crippen LogP contribution in [0.4, 0.5) is 5.69 Å². The van der Waals surface area contributed by atoms with Crippen molar-refractivity contribution >= 4 is 5.69 Å². The fourth-order valence-corrected chi connectivity index (χ4v) is 3.00. The van der Waals surface area contributed by atoms with Crippen LogP contribution < -0.4 is 5.32 Å². The maximum atomic E-state index is 4.45. The van der Waals surface area contributed by atoms with Crippen molar-refractivity contribution in [3.05, 3.63) is 66.2 Å². The second kappa shape index (κ2) is 4.77. The highest BCUT2D eigenvalue weighted by molar-refractivity contribution is 5.74. The van der Waals surface area contributed by atoms with Crippen molar-refractivity contribution < 1.29 is 0 Å². The van der Waals surface area contributed by atoms with Crippen molar-refractivity contribution in [3.8, 4) is 16.8 Å². The molecule has 0 radical (unpaired) electrons. The van der Waals surface area contributed by atoms with Crippen LogP contribution in [0.2, 0.25) is 0 Å². The number of nitrogens with zero attached hydrogens (tertiary/aromatic N) is 2. The molecular weight excluding hydrogens is 258 g/mol. The Morgan fingerprint density at radius 2 is 1.90 bits per heavy atom. The first-order valence-electron chi connectivity index (χ1n) is 7.30. The van der Waals surface area contributed by atoms with E-state index < -0.39 is 0 Å². The van der Waals surface area contributed by atoms with E-state index >= 15 is 0 Å². The molecule has 104 valence electrons. The highest BCUT2D eigenvalue weighted by Crippen LogP contribution is 2.31. The van der Waals surface area contributed by atoms with Gasteiger partial charge in [0.1, 0.15) is 5.82 Å². The zero-order chi connectivity index (χ0) is 14.2. The van der Waals surface area contributed by atoms with Gasteiger partial charge in [0.25, 0.3) is 0 Å². The molecule has 4 rings (SSSR count). The molecule has 0 bridgehead atoms. The van der Waals surface area contributed by atoms with Crippen LogP contribution in [0.25, 0.3) is 16.8 Å². The van der Waals surface area contributed by atoms with Gasteiger partial charge in [-0.05, 0) is 30.2 Å². The maximum absolute atomic E-state index is 4.45. The van der Waals surface area contributed by atoms with Crippen molar-refractivity contribution in [1.82, 2.24) is 9.55 Å². The smallest absolute Gasteiger partial charge is 0.110 e. The summed E-state index contributed by atoms with van der Waals surface area (Å²) < 4.78 is 2.25. The first-order chi connectivity index (χ1) is 10.3. The van der Waals surface area contributed by atoms with Gasteiger partial charge in [0.2, 0.25) is 0 Å². The van der Waals surface area contributed by atoms with E-state index in [1.807, 2.05) is 12.3 Å². The standard InChI is InChI=1S/C18H17N3/c1-13-20-12-16-9-10-19-17-11-15(7-8-18(17)21(13)16)14-5-3-2-4-6-14/h2-8,11-12,19H,9-10H2,1H3. The summed E-state index contributed by atoms with van der Waals surface area (Å²) >= 11 is 0. The molecule has 3 heteroatoms. The summed E-state index contributed by atoms with van der Waals surface area (Å²) in [5.74, 6) is 1.04. The molecule has 0 spiro atoms. The number of aromatic nitrogens is 2. The third kappa shape index (κ3) is 2.02. The lowest BCUT2D eigenvalue weighted by Crippen LogP contribution is -2.02. The number of benzene rings is 2. The van der Waals surface area contributed by atoms with Crippen molar-refractivity contribution in [2.75, 3.05) is 11.9 Å². The van der Waals surface area contributed by atoms with Gasteiger partial charge in [-0.2, -0.15) is 0 Å². The molecule has 3 nitrogen and oxygen atoms in total. The molecule has 0 fully saturated rings. The van der Waals surface area contributed by atoms with E-state index in [4.69, 9.17) is 0 Å². The number of hydrogen-bond donors (Lipinski definition) is 1. The van der Waals surface area contributed by atoms with Crippen LogP contribution in [0.15, 0.2) is 54.7 Å². The molecule has 1 aliphatic rings. The predicted molar refractivity (Wildman–Crippen MR) is 85.9 cm³/mol. The largest absolute Gasteiger partial charge is 0.383 e. The Morgan fingerprint density at radius 3 is 2.76 bits per heavy atom. The summed E-state index contributed by atoms with van der Waals surface area (Å²) in [5, 5.41) is 3.55. The molecule has 1 N–H and O–H groups in total. The van der Waals surface area contributed by atoms with Gasteiger partial charge in [-0.25, -0.2) is 4.98 Å². The van der Waals surface area contributed by atoms with Crippen LogP contribution in [-0.2, 0) is 6.42 Å². The number of anilines is 1. The van der Waals surface area contributed by atoms with Crippen LogP contribution in [0.1, 0.15) is 11.5 Å². The minimum atomic E-state index is 0.941. The van der Waals surface area contributed by atoms with E-state index in [-0.39, 0.29) is 0 Å². The van der Waals surface area contributed by atoms with Crippen LogP contribution in [-0.4, -0.2) is 16.1 Å². The Hall–Kier alpha value is -2.55. The molecule has 0 saturated carbocycles. The first-order valence-corrected chi connectivity index (χ1v) is 7.30. The highest BCUT2D eigenvalue weighted by Gasteiger charge is 2.16. The molecule has 0 aliphatic carbocycles. The molecule has 0 unspecified atom stereocenters. The van der Waals surface area contributed by atoms with Crippen molar-refractivity contribution in [2.24, 2.45) is 0 Å². The predicted octanol–water partition coefficient (Wildman–Crippen LogP) is 3.82. The molecule has 0 atom stereocenters. The number of nitrogens with one attached hydrogen (secondary N) is 1. The van der Waals surface area contributed by atoms with E-state index in [9.17, 15) is 0 Å². The normalized spacial score (nSPS) is 13.0. The summed E-state index contributed by atoms with van der Waals surface area (Å²) in [4.78, 5) is 4.45. The molecular formula is C18H17N3. The molecule has 3 aromatic rings. The SMILES string of the molecule is Cc1ncc2n1-c1ccc(-c3ccccc3)cc1NCC2. The summed E-state index contributed by atoms with van der Waals surface area (Å²) in [6, 6.07) is 17.1. The van der Waals surface area contributed by atoms with Gasteiger partial charge in [0.05, 0.1) is 11.4 Å². The van der Waals surface area contributed by atoms with E-state index in [0.717, 1.165) is 18.8 Å². The van der Waals surface area contributed by atoms with E-state index in [0.29, 0.717) is 0 Å². The first kappa shape index (κ1) is 12.2. The van der Waals surface area contributed by atoms with Crippen molar-refractivity contribution in [3.63, 3.8) is 0 Å². The van der Waals surface area contributed by atoms with Crippen molar-refractivity contribution in [1.29, 1.82) is 0 Å². The molecule has 1 aromatic heterocycles. The van der Waals surface area contributed by atoms with Gasteiger partial charge < -0.3 is 5.32 Å². The van der Waals surface area contributed by atoms with Gasteiger partial charge in [0, 0.05) is 24.9 Å². The number of fused-ring (bicyclic) bond motifs is 3. The van der Waals surface area contributed by atoms with Gasteiger partial charge in [-0.1, -0.05) is 36.4 Å². The van der Waals surface area contributed by atoms with E-state index in [1.165, 1.54) is 28.2 Å². The fraction of sp³-hybridized carbons (Fsp3) is 0.167. The summed E-state index contributed by atoms with van der Waals surface area (Å²) in [5.41, 5.74) is 6.12. The quantitative estimate of drug-likeness (QED) is 0.731. The number of rotatable bonds is 1. The lowest BCUT2D eigenvalue weighted by atomic mass is 10.0. The minimum Gasteiger partial charge on any atom is -0.383 e. The fourth-order valence-electron chi connectivity index (χ4n) is 3.00. The van der Waals surface area contributed by atoms with Gasteiger partial charge in [-0.15, -0.1) is 0 Å². The van der Waals surface area contributed by atoms with Crippen LogP contribution in [0.5, 0.6) is 0 Å². The number of hydrogen-bond acceptors (Lipinski definition) is 2. The number of imidazole rings is 1. The second-order valence-electron chi connectivity index (χ2n) is 5.41. The average Bonchev–Trinajstić information content (AvgIpc) is 2.79. The molecule has 2 heterocycles. The van der Waals surface area contributed by atoms with Gasteiger partial charge in [0.15, 0.2) is 0 Å². The highest BCUT2D eigenvalue weighted by atomic mass is 15.1. The molecule has 21 heavy (non-hydrogen) atoms. The van der Waals surface area contributed by atoms with E-state index in [2.05, 4.69) is 64.3 Å². The van der Waals surface area contributed by atoms with Crippen LogP contribution in [0, 0.1) is 6.92 Å². The van der Waals surface area contributed by atoms with Crippen molar-refractivity contribution in [2.45, 2.75) is 13.3 Å². The monoisotopic (exact) mass is 275 g/mol. The Labute approximate surface area is 124 Å². The lowest BCUT2D eigenvalue weighted by Gasteiger charge is -2.13. The third-order valence-corrected chi connectivity index (χ3v) is 4.05. The van der Waals surface area contributed by atoms with E-state index in [1.54, 1.807) is 0 Å². The number of aryl methyl sites for hydroxylation is 1. The molecule has 2 aromatic carbocycles. The molecule has 1 aliphatic heterocycles. The Kier molecular flexibility index (Phi) is 2.78. The third-order valence-electron chi connectivity index (χ3n) is 4.05. The van der Waals surface area contributed by atoms with Crippen LogP contribution in [0.3, 0.4) is 0 Å². The summed E-state index contributed by atoms with van der Waals surface area (Å²) in [7, 11) is 0. The van der Waals surface area contributed by atoms with Crippen LogP contribution >= 0.6 is 0 Å². The summed E-state index contributed by atoms with van der Waals surface area (Å²) in [6.45, 7) is 3.00. The maximum Gasteiger partial charge on any atom is 0.110 e. The Balaban J connectivity index is 1.87. The van der Waals surface area contributed by atoms with Gasteiger partial charge >= 0.3 is 0 Å². The summed E-state index contributed by atoms with van der Waals surface area (Å²) in [6.07, 6.45) is 2.98. The zero-order valence-electron chi connectivity index (χ0n) is 12.0. The zero-order valence-corrected chi connectivity index (χ0v) is 12.0. The Morgan fingerprint density at radius 1 is 1.05 bits per heavy atom. The van der Waals surface area contributed by atoms with Gasteiger partial charge in [-0.3, -0.25) is 4.57 Å². The Bertz CT molecular complexity index is 787. The average molecular weight is 275 g/mol. The second-order valence-corrected chi connectivity index (χ2v) is 5.41. The molecule has 0 saturated heterocycles.